The number of halogens is 1. The minimum Gasteiger partial charge on any atom is -0.309 e. The van der Waals surface area contributed by atoms with Crippen LogP contribution in [0.25, 0.3) is 75.5 Å². The highest BCUT2D eigenvalue weighted by Crippen LogP contribution is 2.42. The van der Waals surface area contributed by atoms with Gasteiger partial charge in [-0.25, -0.2) is 4.39 Å². The quantitative estimate of drug-likeness (QED) is 0.204. The van der Waals surface area contributed by atoms with E-state index in [0.29, 0.717) is 0 Å². The van der Waals surface area contributed by atoms with Crippen LogP contribution in [0.5, 0.6) is 0 Å². The summed E-state index contributed by atoms with van der Waals surface area (Å²) in [5.41, 5.74) is 9.16. The van der Waals surface area contributed by atoms with Crippen LogP contribution in [0, 0.1) is 5.82 Å². The second-order valence-corrected chi connectivity index (χ2v) is 11.8. The van der Waals surface area contributed by atoms with Crippen LogP contribution < -0.4 is 0 Å². The van der Waals surface area contributed by atoms with Gasteiger partial charge < -0.3 is 9.13 Å². The zero-order chi connectivity index (χ0) is 27.8. The Kier molecular flexibility index (Phi) is 4.98. The van der Waals surface area contributed by atoms with E-state index in [9.17, 15) is 4.39 Å². The third-order valence-corrected chi connectivity index (χ3v) is 9.59. The molecule has 3 heterocycles. The first-order chi connectivity index (χ1) is 20.7. The normalized spacial score (nSPS) is 11.9. The number of nitrogens with zero attached hydrogens (tertiary/aromatic N) is 2. The topological polar surface area (TPSA) is 9.86 Å². The van der Waals surface area contributed by atoms with Crippen LogP contribution >= 0.6 is 11.3 Å². The Labute approximate surface area is 245 Å². The van der Waals surface area contributed by atoms with Crippen LogP contribution in [-0.4, -0.2) is 9.13 Å². The number of hydrogen-bond donors (Lipinski definition) is 0. The minimum absolute atomic E-state index is 0.230. The molecular formula is C38H23FN2S. The first-order valence-electron chi connectivity index (χ1n) is 14.1. The molecule has 0 aliphatic carbocycles. The molecule has 198 valence electrons. The number of thiophene rings is 1. The number of fused-ring (bicyclic) bond motifs is 8. The van der Waals surface area contributed by atoms with Crippen molar-refractivity contribution in [2.45, 2.75) is 0 Å². The summed E-state index contributed by atoms with van der Waals surface area (Å²) < 4.78 is 21.0. The average molecular weight is 559 g/mol. The van der Waals surface area contributed by atoms with E-state index in [1.165, 1.54) is 65.2 Å². The van der Waals surface area contributed by atoms with Crippen molar-refractivity contribution in [3.05, 3.63) is 145 Å². The zero-order valence-electron chi connectivity index (χ0n) is 22.5. The summed E-state index contributed by atoms with van der Waals surface area (Å²) in [7, 11) is 0. The molecule has 6 aromatic carbocycles. The van der Waals surface area contributed by atoms with Crippen molar-refractivity contribution in [2.24, 2.45) is 0 Å². The molecule has 0 saturated heterocycles. The lowest BCUT2D eigenvalue weighted by atomic mass is 10.0. The lowest BCUT2D eigenvalue weighted by Crippen LogP contribution is -1.94. The van der Waals surface area contributed by atoms with Crippen molar-refractivity contribution in [3.8, 4) is 22.5 Å². The summed E-state index contributed by atoms with van der Waals surface area (Å²) in [6.45, 7) is 0. The van der Waals surface area contributed by atoms with Crippen LogP contribution in [0.2, 0.25) is 0 Å². The summed E-state index contributed by atoms with van der Waals surface area (Å²) in [5.74, 6) is -0.230. The molecule has 0 amide bonds. The Morgan fingerprint density at radius 1 is 0.452 bits per heavy atom. The summed E-state index contributed by atoms with van der Waals surface area (Å²) in [5, 5.41) is 4.95. The second kappa shape index (κ2) is 8.90. The molecule has 0 fully saturated rings. The van der Waals surface area contributed by atoms with Gasteiger partial charge >= 0.3 is 0 Å². The largest absolute Gasteiger partial charge is 0.309 e. The van der Waals surface area contributed by atoms with Gasteiger partial charge in [-0.3, -0.25) is 0 Å². The Hall–Kier alpha value is -5.19. The maximum Gasteiger partial charge on any atom is 0.123 e. The molecule has 0 atom stereocenters. The fourth-order valence-corrected chi connectivity index (χ4v) is 7.73. The van der Waals surface area contributed by atoms with Crippen molar-refractivity contribution < 1.29 is 4.39 Å². The summed E-state index contributed by atoms with van der Waals surface area (Å²) in [4.78, 5) is 0. The van der Waals surface area contributed by atoms with Gasteiger partial charge in [0.25, 0.3) is 0 Å². The Bertz CT molecular complexity index is 2450. The Morgan fingerprint density at radius 2 is 1.02 bits per heavy atom. The van der Waals surface area contributed by atoms with E-state index < -0.39 is 0 Å². The van der Waals surface area contributed by atoms with Crippen molar-refractivity contribution in [3.63, 3.8) is 0 Å². The highest BCUT2D eigenvalue weighted by atomic mass is 32.1. The molecule has 0 saturated carbocycles. The van der Waals surface area contributed by atoms with Crippen LogP contribution in [0.4, 0.5) is 4.39 Å². The number of para-hydroxylation sites is 2. The van der Waals surface area contributed by atoms with Crippen LogP contribution in [0.3, 0.4) is 0 Å². The molecule has 0 unspecified atom stereocenters. The van der Waals surface area contributed by atoms with Gasteiger partial charge in [0.05, 0.1) is 26.8 Å². The Morgan fingerprint density at radius 3 is 1.81 bits per heavy atom. The zero-order valence-corrected chi connectivity index (χ0v) is 23.3. The molecule has 42 heavy (non-hydrogen) atoms. The predicted molar refractivity (Wildman–Crippen MR) is 176 cm³/mol. The smallest absolute Gasteiger partial charge is 0.123 e. The first kappa shape index (κ1) is 23.5. The SMILES string of the molecule is Fc1ccc(-n2c3ccccc3c3cc(-c4ccc(-n5c6ccccc6c6sc7ccccc7c65)cc4)ccc32)cc1. The molecule has 0 aliphatic heterocycles. The fraction of sp³-hybridized carbons (Fsp3) is 0. The van der Waals surface area contributed by atoms with E-state index >= 15 is 0 Å². The standard InChI is InChI=1S/C38H23FN2S/c39-26-16-20-27(21-17-26)40-33-10-4-1-7-29(33)32-23-25(15-22-35(32)40)24-13-18-28(19-14-24)41-34-11-5-2-8-30(34)38-37(41)31-9-3-6-12-36(31)42-38/h1-23H. The lowest BCUT2D eigenvalue weighted by Gasteiger charge is -2.10. The number of hydrogen-bond acceptors (Lipinski definition) is 1. The monoisotopic (exact) mass is 558 g/mol. The molecule has 3 aromatic heterocycles. The van der Waals surface area contributed by atoms with Crippen molar-refractivity contribution in [1.82, 2.24) is 9.13 Å². The summed E-state index contributed by atoms with van der Waals surface area (Å²) in [6, 6.07) is 48.1. The van der Waals surface area contributed by atoms with Gasteiger partial charge in [0.2, 0.25) is 0 Å². The van der Waals surface area contributed by atoms with Gasteiger partial charge in [0, 0.05) is 37.6 Å². The Balaban J connectivity index is 1.20. The minimum atomic E-state index is -0.230. The number of rotatable bonds is 3. The molecule has 0 N–H and O–H groups in total. The maximum atomic E-state index is 13.7. The third-order valence-electron chi connectivity index (χ3n) is 8.40. The van der Waals surface area contributed by atoms with Crippen molar-refractivity contribution in [1.29, 1.82) is 0 Å². The van der Waals surface area contributed by atoms with Gasteiger partial charge in [-0.2, -0.15) is 0 Å². The van der Waals surface area contributed by atoms with E-state index in [2.05, 4.69) is 124 Å². The van der Waals surface area contributed by atoms with E-state index in [1.54, 1.807) is 0 Å². The number of benzene rings is 6. The second-order valence-electron chi connectivity index (χ2n) is 10.7. The predicted octanol–water partition coefficient (Wildman–Crippen LogP) is 10.9. The summed E-state index contributed by atoms with van der Waals surface area (Å²) in [6.07, 6.45) is 0. The highest BCUT2D eigenvalue weighted by Gasteiger charge is 2.18. The fourth-order valence-electron chi connectivity index (χ4n) is 6.51. The molecule has 4 heteroatoms. The van der Waals surface area contributed by atoms with Crippen molar-refractivity contribution >= 4 is 64.3 Å². The van der Waals surface area contributed by atoms with Crippen LogP contribution in [0.15, 0.2) is 140 Å². The van der Waals surface area contributed by atoms with Gasteiger partial charge in [0.15, 0.2) is 0 Å². The van der Waals surface area contributed by atoms with Gasteiger partial charge in [-0.1, -0.05) is 72.8 Å². The van der Waals surface area contributed by atoms with Gasteiger partial charge in [-0.15, -0.1) is 11.3 Å². The van der Waals surface area contributed by atoms with Gasteiger partial charge in [0.1, 0.15) is 5.82 Å². The molecule has 2 nitrogen and oxygen atoms in total. The van der Waals surface area contributed by atoms with Crippen LogP contribution in [-0.2, 0) is 0 Å². The lowest BCUT2D eigenvalue weighted by molar-refractivity contribution is 0.627. The van der Waals surface area contributed by atoms with E-state index in [4.69, 9.17) is 0 Å². The highest BCUT2D eigenvalue weighted by molar-refractivity contribution is 7.26. The van der Waals surface area contributed by atoms with E-state index in [-0.39, 0.29) is 5.82 Å². The molecule has 9 rings (SSSR count). The average Bonchev–Trinajstić information content (AvgIpc) is 3.69. The molecule has 0 spiro atoms. The third kappa shape index (κ3) is 3.36. The first-order valence-corrected chi connectivity index (χ1v) is 14.9. The summed E-state index contributed by atoms with van der Waals surface area (Å²) >= 11 is 1.87. The van der Waals surface area contributed by atoms with Gasteiger partial charge in [-0.05, 0) is 77.9 Å². The molecule has 0 bridgehead atoms. The van der Waals surface area contributed by atoms with Crippen LogP contribution in [0.1, 0.15) is 0 Å². The molecule has 0 aliphatic rings. The number of aromatic nitrogens is 2. The molecule has 9 aromatic rings. The molecular weight excluding hydrogens is 535 g/mol. The van der Waals surface area contributed by atoms with Crippen molar-refractivity contribution in [2.75, 3.05) is 0 Å². The van der Waals surface area contributed by atoms with E-state index in [0.717, 1.165) is 22.4 Å². The van der Waals surface area contributed by atoms with E-state index in [1.807, 2.05) is 23.5 Å². The molecule has 0 radical (unpaired) electrons. The maximum absolute atomic E-state index is 13.7.